The van der Waals surface area contributed by atoms with Crippen molar-refractivity contribution in [1.29, 1.82) is 0 Å². The Hall–Kier alpha value is -1.40. The molecular weight excluding hydrogens is 298 g/mol. The fraction of sp³-hybridized carbons (Fsp3) is 0.385. The third-order valence-corrected chi connectivity index (χ3v) is 4.71. The number of hydrogen-bond donors (Lipinski definition) is 0. The van der Waals surface area contributed by atoms with Gasteiger partial charge in [-0.1, -0.05) is 0 Å². The summed E-state index contributed by atoms with van der Waals surface area (Å²) < 4.78 is 25.0. The molecule has 0 spiro atoms. The first-order valence-corrected chi connectivity index (χ1v) is 8.73. The van der Waals surface area contributed by atoms with Gasteiger partial charge in [0.25, 0.3) is 0 Å². The molecule has 0 amide bonds. The van der Waals surface area contributed by atoms with Gasteiger partial charge in [-0.15, -0.1) is 21.8 Å². The molecule has 106 valence electrons. The average molecular weight is 312 g/mol. The number of halogens is 1. The molecule has 20 heavy (non-hydrogen) atoms. The van der Waals surface area contributed by atoms with Crippen LogP contribution in [-0.2, 0) is 15.7 Å². The molecule has 7 heteroatoms. The van der Waals surface area contributed by atoms with Gasteiger partial charge in [-0.3, -0.25) is 0 Å². The van der Waals surface area contributed by atoms with E-state index in [0.29, 0.717) is 16.8 Å². The highest BCUT2D eigenvalue weighted by atomic mass is 35.5. The fourth-order valence-corrected chi connectivity index (χ4v) is 2.99. The summed E-state index contributed by atoms with van der Waals surface area (Å²) in [6, 6.07) is 7.13. The standard InChI is InChI=1S/C13H14ClN3O2S/c1-20(18,19)11-6-2-9(3-7-11)13-16-15-12(8-14)17(13)10-4-5-10/h2-3,6-7,10H,4-5,8H2,1H3. The zero-order valence-corrected chi connectivity index (χ0v) is 12.5. The lowest BCUT2D eigenvalue weighted by Crippen LogP contribution is -2.02. The van der Waals surface area contributed by atoms with E-state index in [2.05, 4.69) is 14.8 Å². The maximum atomic E-state index is 11.5. The van der Waals surface area contributed by atoms with E-state index in [-0.39, 0.29) is 0 Å². The van der Waals surface area contributed by atoms with Crippen LogP contribution in [0.4, 0.5) is 0 Å². The molecule has 0 radical (unpaired) electrons. The van der Waals surface area contributed by atoms with Crippen LogP contribution in [0.2, 0.25) is 0 Å². The molecule has 0 aliphatic heterocycles. The summed E-state index contributed by atoms with van der Waals surface area (Å²) in [6.45, 7) is 0. The van der Waals surface area contributed by atoms with Gasteiger partial charge in [-0.05, 0) is 37.1 Å². The quantitative estimate of drug-likeness (QED) is 0.813. The second-order valence-corrected chi connectivity index (χ2v) is 7.25. The minimum atomic E-state index is -3.18. The van der Waals surface area contributed by atoms with E-state index in [0.717, 1.165) is 30.1 Å². The monoisotopic (exact) mass is 311 g/mol. The topological polar surface area (TPSA) is 64.8 Å². The first-order valence-electron chi connectivity index (χ1n) is 6.31. The molecule has 5 nitrogen and oxygen atoms in total. The van der Waals surface area contributed by atoms with Gasteiger partial charge in [-0.2, -0.15) is 0 Å². The van der Waals surface area contributed by atoms with Crippen molar-refractivity contribution in [2.24, 2.45) is 0 Å². The number of hydrogen-bond acceptors (Lipinski definition) is 4. The third kappa shape index (κ3) is 2.45. The Morgan fingerprint density at radius 3 is 2.40 bits per heavy atom. The molecule has 1 aliphatic carbocycles. The molecule has 1 aromatic carbocycles. The molecule has 1 heterocycles. The Labute approximate surface area is 122 Å². The highest BCUT2D eigenvalue weighted by Gasteiger charge is 2.29. The maximum absolute atomic E-state index is 11.5. The summed E-state index contributed by atoms with van der Waals surface area (Å²) in [5.74, 6) is 1.84. The number of alkyl halides is 1. The smallest absolute Gasteiger partial charge is 0.175 e. The van der Waals surface area contributed by atoms with Crippen LogP contribution in [0.15, 0.2) is 29.2 Å². The summed E-state index contributed by atoms with van der Waals surface area (Å²) >= 11 is 5.89. The van der Waals surface area contributed by atoms with Gasteiger partial charge in [0, 0.05) is 17.9 Å². The van der Waals surface area contributed by atoms with Crippen molar-refractivity contribution in [1.82, 2.24) is 14.8 Å². The van der Waals surface area contributed by atoms with Crippen LogP contribution in [0.25, 0.3) is 11.4 Å². The largest absolute Gasteiger partial charge is 0.307 e. The second-order valence-electron chi connectivity index (χ2n) is 4.97. The van der Waals surface area contributed by atoms with Crippen molar-refractivity contribution in [2.75, 3.05) is 6.26 Å². The number of nitrogens with zero attached hydrogens (tertiary/aromatic N) is 3. The summed E-state index contributed by atoms with van der Waals surface area (Å²) in [6.07, 6.45) is 3.41. The van der Waals surface area contributed by atoms with Gasteiger partial charge in [0.2, 0.25) is 0 Å². The second kappa shape index (κ2) is 4.86. The van der Waals surface area contributed by atoms with Crippen molar-refractivity contribution in [3.63, 3.8) is 0 Å². The van der Waals surface area contributed by atoms with Crippen LogP contribution in [-0.4, -0.2) is 29.4 Å². The lowest BCUT2D eigenvalue weighted by Gasteiger charge is -2.08. The zero-order chi connectivity index (χ0) is 14.3. The number of rotatable bonds is 4. The lowest BCUT2D eigenvalue weighted by molar-refractivity contribution is 0.602. The predicted molar refractivity (Wildman–Crippen MR) is 76.4 cm³/mol. The first kappa shape index (κ1) is 13.6. The Bertz CT molecular complexity index is 733. The van der Waals surface area contributed by atoms with E-state index in [1.165, 1.54) is 6.26 Å². The zero-order valence-electron chi connectivity index (χ0n) is 11.0. The number of sulfone groups is 1. The molecule has 0 atom stereocenters. The van der Waals surface area contributed by atoms with Crippen LogP contribution >= 0.6 is 11.6 Å². The highest BCUT2D eigenvalue weighted by Crippen LogP contribution is 2.39. The molecule has 2 aromatic rings. The summed E-state index contributed by atoms with van der Waals surface area (Å²) in [5, 5.41) is 8.30. The molecule has 1 aromatic heterocycles. The van der Waals surface area contributed by atoms with E-state index in [4.69, 9.17) is 11.6 Å². The fourth-order valence-electron chi connectivity index (χ4n) is 2.18. The molecule has 0 saturated heterocycles. The highest BCUT2D eigenvalue weighted by molar-refractivity contribution is 7.90. The first-order chi connectivity index (χ1) is 9.50. The van der Waals surface area contributed by atoms with Crippen LogP contribution in [0.5, 0.6) is 0 Å². The van der Waals surface area contributed by atoms with Crippen molar-refractivity contribution >= 4 is 21.4 Å². The Morgan fingerprint density at radius 2 is 1.90 bits per heavy atom. The summed E-state index contributed by atoms with van der Waals surface area (Å²) in [5.41, 5.74) is 0.855. The predicted octanol–water partition coefficient (Wildman–Crippen LogP) is 2.42. The van der Waals surface area contributed by atoms with E-state index in [9.17, 15) is 8.42 Å². The van der Waals surface area contributed by atoms with Crippen LogP contribution in [0.1, 0.15) is 24.7 Å². The van der Waals surface area contributed by atoms with Gasteiger partial charge < -0.3 is 4.57 Å². The van der Waals surface area contributed by atoms with Gasteiger partial charge in [0.05, 0.1) is 10.8 Å². The molecule has 3 rings (SSSR count). The van der Waals surface area contributed by atoms with Crippen LogP contribution < -0.4 is 0 Å². The van der Waals surface area contributed by atoms with Gasteiger partial charge >= 0.3 is 0 Å². The van der Waals surface area contributed by atoms with Gasteiger partial charge in [0.1, 0.15) is 5.82 Å². The molecular formula is C13H14ClN3O2S. The Kier molecular flexibility index (Phi) is 3.30. The van der Waals surface area contributed by atoms with E-state index >= 15 is 0 Å². The molecule has 1 aliphatic rings. The van der Waals surface area contributed by atoms with Crippen molar-refractivity contribution < 1.29 is 8.42 Å². The minimum Gasteiger partial charge on any atom is -0.307 e. The maximum Gasteiger partial charge on any atom is 0.175 e. The number of benzene rings is 1. The van der Waals surface area contributed by atoms with E-state index in [1.807, 2.05) is 0 Å². The Morgan fingerprint density at radius 1 is 1.25 bits per heavy atom. The van der Waals surface area contributed by atoms with Crippen molar-refractivity contribution in [3.8, 4) is 11.4 Å². The third-order valence-electron chi connectivity index (χ3n) is 3.34. The average Bonchev–Trinajstić information content (AvgIpc) is 3.17. The molecule has 0 unspecified atom stereocenters. The molecule has 0 N–H and O–H groups in total. The Balaban J connectivity index is 2.03. The SMILES string of the molecule is CS(=O)(=O)c1ccc(-c2nnc(CCl)n2C2CC2)cc1. The normalized spacial score (nSPS) is 15.5. The van der Waals surface area contributed by atoms with E-state index in [1.54, 1.807) is 24.3 Å². The summed E-state index contributed by atoms with van der Waals surface area (Å²) in [7, 11) is -3.18. The van der Waals surface area contributed by atoms with Crippen molar-refractivity contribution in [3.05, 3.63) is 30.1 Å². The summed E-state index contributed by atoms with van der Waals surface area (Å²) in [4.78, 5) is 0.302. The minimum absolute atomic E-state index is 0.302. The lowest BCUT2D eigenvalue weighted by atomic mass is 10.2. The van der Waals surface area contributed by atoms with Crippen LogP contribution in [0.3, 0.4) is 0 Å². The van der Waals surface area contributed by atoms with Crippen molar-refractivity contribution in [2.45, 2.75) is 29.7 Å². The molecule has 0 bridgehead atoms. The van der Waals surface area contributed by atoms with Gasteiger partial charge in [0.15, 0.2) is 15.7 Å². The number of aromatic nitrogens is 3. The van der Waals surface area contributed by atoms with Gasteiger partial charge in [-0.25, -0.2) is 8.42 Å². The molecule has 1 saturated carbocycles. The van der Waals surface area contributed by atoms with E-state index < -0.39 is 9.84 Å². The molecule has 1 fully saturated rings. The van der Waals surface area contributed by atoms with Crippen LogP contribution in [0, 0.1) is 0 Å².